The standard InChI is InChI=1S/C14H27N3O3S/c1-3-15-8-10-16(11-9-15)14(18)13-6-5-7-17(12-13)21(19,20)4-2/h13H,3-12H2,1-2H3. The van der Waals surface area contributed by atoms with Crippen LogP contribution in [0.15, 0.2) is 0 Å². The first-order chi connectivity index (χ1) is 9.97. The quantitative estimate of drug-likeness (QED) is 0.744. The smallest absolute Gasteiger partial charge is 0.227 e. The van der Waals surface area contributed by atoms with Crippen LogP contribution in [0.3, 0.4) is 0 Å². The first-order valence-corrected chi connectivity index (χ1v) is 9.57. The van der Waals surface area contributed by atoms with Crippen LogP contribution in [-0.2, 0) is 14.8 Å². The fourth-order valence-corrected chi connectivity index (χ4v) is 4.30. The highest BCUT2D eigenvalue weighted by Crippen LogP contribution is 2.22. The van der Waals surface area contributed by atoms with E-state index in [1.165, 1.54) is 4.31 Å². The molecular formula is C14H27N3O3S. The van der Waals surface area contributed by atoms with E-state index in [1.54, 1.807) is 6.92 Å². The van der Waals surface area contributed by atoms with Gasteiger partial charge in [-0.15, -0.1) is 0 Å². The second kappa shape index (κ2) is 7.07. The zero-order chi connectivity index (χ0) is 15.5. The minimum absolute atomic E-state index is 0.114. The zero-order valence-electron chi connectivity index (χ0n) is 13.1. The van der Waals surface area contributed by atoms with Crippen LogP contribution < -0.4 is 0 Å². The molecule has 21 heavy (non-hydrogen) atoms. The summed E-state index contributed by atoms with van der Waals surface area (Å²) in [6.07, 6.45) is 1.59. The van der Waals surface area contributed by atoms with E-state index in [-0.39, 0.29) is 17.6 Å². The van der Waals surface area contributed by atoms with Crippen LogP contribution >= 0.6 is 0 Å². The number of hydrogen-bond donors (Lipinski definition) is 0. The number of nitrogens with zero attached hydrogens (tertiary/aromatic N) is 3. The van der Waals surface area contributed by atoms with Crippen LogP contribution in [0.4, 0.5) is 0 Å². The first-order valence-electron chi connectivity index (χ1n) is 7.97. The van der Waals surface area contributed by atoms with Gasteiger partial charge >= 0.3 is 0 Å². The largest absolute Gasteiger partial charge is 0.340 e. The third-order valence-electron chi connectivity index (χ3n) is 4.62. The maximum atomic E-state index is 12.6. The summed E-state index contributed by atoms with van der Waals surface area (Å²) in [7, 11) is -3.18. The molecule has 2 heterocycles. The average molecular weight is 317 g/mol. The molecule has 6 nitrogen and oxygen atoms in total. The van der Waals surface area contributed by atoms with Gasteiger partial charge in [-0.2, -0.15) is 0 Å². The predicted octanol–water partition coefficient (Wildman–Crippen LogP) is 0.212. The van der Waals surface area contributed by atoms with Gasteiger partial charge in [-0.25, -0.2) is 12.7 Å². The van der Waals surface area contributed by atoms with Gasteiger partial charge in [0.05, 0.1) is 11.7 Å². The molecule has 0 bridgehead atoms. The van der Waals surface area contributed by atoms with Crippen molar-refractivity contribution in [2.75, 3.05) is 51.6 Å². The summed E-state index contributed by atoms with van der Waals surface area (Å²) < 4.78 is 25.5. The Morgan fingerprint density at radius 2 is 1.76 bits per heavy atom. The lowest BCUT2D eigenvalue weighted by atomic mass is 9.98. The van der Waals surface area contributed by atoms with E-state index in [4.69, 9.17) is 0 Å². The number of piperidine rings is 1. The summed E-state index contributed by atoms with van der Waals surface area (Å²) in [6.45, 7) is 9.11. The van der Waals surface area contributed by atoms with E-state index < -0.39 is 10.0 Å². The molecule has 0 aliphatic carbocycles. The first kappa shape index (κ1) is 16.7. The molecule has 2 fully saturated rings. The van der Waals surface area contributed by atoms with Gasteiger partial charge in [-0.1, -0.05) is 6.92 Å². The van der Waals surface area contributed by atoms with Crippen molar-refractivity contribution in [1.82, 2.24) is 14.1 Å². The van der Waals surface area contributed by atoms with E-state index in [1.807, 2.05) is 4.90 Å². The van der Waals surface area contributed by atoms with E-state index in [9.17, 15) is 13.2 Å². The third kappa shape index (κ3) is 3.96. The van der Waals surface area contributed by atoms with E-state index in [2.05, 4.69) is 11.8 Å². The molecule has 1 atom stereocenters. The lowest BCUT2D eigenvalue weighted by Crippen LogP contribution is -2.53. The summed E-state index contributed by atoms with van der Waals surface area (Å²) in [5.74, 6) is 0.0957. The Labute approximate surface area is 128 Å². The van der Waals surface area contributed by atoms with Crippen molar-refractivity contribution >= 4 is 15.9 Å². The molecule has 0 aromatic carbocycles. The highest BCUT2D eigenvalue weighted by atomic mass is 32.2. The van der Waals surface area contributed by atoms with Crippen molar-refractivity contribution < 1.29 is 13.2 Å². The molecule has 0 aromatic rings. The van der Waals surface area contributed by atoms with Crippen molar-refractivity contribution in [2.45, 2.75) is 26.7 Å². The Kier molecular flexibility index (Phi) is 5.62. The molecule has 0 aromatic heterocycles. The van der Waals surface area contributed by atoms with Crippen LogP contribution in [0.2, 0.25) is 0 Å². The number of sulfonamides is 1. The number of carbonyl (C=O) groups excluding carboxylic acids is 1. The number of rotatable bonds is 4. The van der Waals surface area contributed by atoms with Gasteiger partial charge in [0.25, 0.3) is 0 Å². The fraction of sp³-hybridized carbons (Fsp3) is 0.929. The summed E-state index contributed by atoms with van der Waals surface area (Å²) in [6, 6.07) is 0. The van der Waals surface area contributed by atoms with Crippen LogP contribution in [0.25, 0.3) is 0 Å². The van der Waals surface area contributed by atoms with E-state index >= 15 is 0 Å². The van der Waals surface area contributed by atoms with Crippen LogP contribution in [0.5, 0.6) is 0 Å². The summed E-state index contributed by atoms with van der Waals surface area (Å²) in [4.78, 5) is 16.8. The molecule has 2 aliphatic rings. The zero-order valence-corrected chi connectivity index (χ0v) is 13.9. The lowest BCUT2D eigenvalue weighted by Gasteiger charge is -2.38. The number of likely N-dealkylation sites (N-methyl/N-ethyl adjacent to an activating group) is 1. The van der Waals surface area contributed by atoms with Gasteiger partial charge < -0.3 is 9.80 Å². The van der Waals surface area contributed by atoms with Crippen molar-refractivity contribution in [3.63, 3.8) is 0 Å². The summed E-state index contributed by atoms with van der Waals surface area (Å²) in [5.41, 5.74) is 0. The monoisotopic (exact) mass is 317 g/mol. The molecule has 0 N–H and O–H groups in total. The molecule has 1 amide bonds. The Morgan fingerprint density at radius 3 is 2.33 bits per heavy atom. The maximum Gasteiger partial charge on any atom is 0.227 e. The minimum atomic E-state index is -3.18. The van der Waals surface area contributed by atoms with E-state index in [0.29, 0.717) is 13.1 Å². The number of hydrogen-bond acceptors (Lipinski definition) is 4. The maximum absolute atomic E-state index is 12.6. The molecule has 0 saturated carbocycles. The van der Waals surface area contributed by atoms with E-state index in [0.717, 1.165) is 45.6 Å². The molecule has 122 valence electrons. The lowest BCUT2D eigenvalue weighted by molar-refractivity contribution is -0.138. The van der Waals surface area contributed by atoms with Gasteiger partial charge in [0.2, 0.25) is 15.9 Å². The summed E-state index contributed by atoms with van der Waals surface area (Å²) >= 11 is 0. The topological polar surface area (TPSA) is 60.9 Å². The minimum Gasteiger partial charge on any atom is -0.340 e. The second-order valence-electron chi connectivity index (χ2n) is 5.86. The number of carbonyl (C=O) groups is 1. The summed E-state index contributed by atoms with van der Waals surface area (Å²) in [5, 5.41) is 0. The van der Waals surface area contributed by atoms with Gasteiger partial charge in [0.15, 0.2) is 0 Å². The van der Waals surface area contributed by atoms with Crippen molar-refractivity contribution in [2.24, 2.45) is 5.92 Å². The van der Waals surface area contributed by atoms with Crippen LogP contribution in [0, 0.1) is 5.92 Å². The molecule has 0 radical (unpaired) electrons. The SMILES string of the molecule is CCN1CCN(C(=O)C2CCCN(S(=O)(=O)CC)C2)CC1. The average Bonchev–Trinajstić information content (AvgIpc) is 2.54. The third-order valence-corrected chi connectivity index (χ3v) is 6.47. The highest BCUT2D eigenvalue weighted by molar-refractivity contribution is 7.89. The molecule has 1 unspecified atom stereocenters. The number of piperazine rings is 1. The highest BCUT2D eigenvalue weighted by Gasteiger charge is 2.34. The molecule has 2 rings (SSSR count). The Morgan fingerprint density at radius 1 is 1.10 bits per heavy atom. The molecule has 0 spiro atoms. The van der Waals surface area contributed by atoms with Crippen LogP contribution in [0.1, 0.15) is 26.7 Å². The Balaban J connectivity index is 1.94. The van der Waals surface area contributed by atoms with Gasteiger partial charge in [-0.3, -0.25) is 4.79 Å². The molecule has 2 saturated heterocycles. The van der Waals surface area contributed by atoms with Crippen molar-refractivity contribution in [3.8, 4) is 0 Å². The molecular weight excluding hydrogens is 290 g/mol. The van der Waals surface area contributed by atoms with Gasteiger partial charge in [-0.05, 0) is 26.3 Å². The molecule has 2 aliphatic heterocycles. The second-order valence-corrected chi connectivity index (χ2v) is 8.11. The van der Waals surface area contributed by atoms with Crippen LogP contribution in [-0.4, -0.2) is 80.0 Å². The molecule has 7 heteroatoms. The number of amides is 1. The van der Waals surface area contributed by atoms with Gasteiger partial charge in [0, 0.05) is 39.3 Å². The fourth-order valence-electron chi connectivity index (χ4n) is 3.12. The van der Waals surface area contributed by atoms with Gasteiger partial charge in [0.1, 0.15) is 0 Å². The Hall–Kier alpha value is -0.660. The predicted molar refractivity (Wildman–Crippen MR) is 82.5 cm³/mol. The normalized spacial score (nSPS) is 26.0. The Bertz CT molecular complexity index is 458. The van der Waals surface area contributed by atoms with Crippen molar-refractivity contribution in [3.05, 3.63) is 0 Å². The van der Waals surface area contributed by atoms with Crippen molar-refractivity contribution in [1.29, 1.82) is 0 Å².